The number of rotatable bonds is 7. The highest BCUT2D eigenvalue weighted by atomic mass is 35.5. The van der Waals surface area contributed by atoms with Crippen molar-refractivity contribution in [1.82, 2.24) is 15.6 Å². The highest BCUT2D eigenvalue weighted by Crippen LogP contribution is 2.21. The average Bonchev–Trinajstić information content (AvgIpc) is 2.63. The second-order valence-corrected chi connectivity index (χ2v) is 6.05. The smallest absolute Gasteiger partial charge is 0.339 e. The summed E-state index contributed by atoms with van der Waals surface area (Å²) in [6.07, 6.45) is 0.798. The maximum atomic E-state index is 12.3. The number of carbonyl (C=O) groups is 3. The molecule has 138 valence electrons. The molecule has 26 heavy (non-hydrogen) atoms. The van der Waals surface area contributed by atoms with Crippen LogP contribution in [0.2, 0.25) is 5.15 Å². The summed E-state index contributed by atoms with van der Waals surface area (Å²) >= 11 is 5.93. The van der Waals surface area contributed by atoms with Gasteiger partial charge in [0, 0.05) is 11.9 Å². The van der Waals surface area contributed by atoms with E-state index < -0.39 is 24.5 Å². The van der Waals surface area contributed by atoms with Crippen molar-refractivity contribution in [2.24, 2.45) is 0 Å². The SMILES string of the molecule is CCCNC(=O)[C@H](C)NC(=O)COC(=O)c1cc(Cl)nc2ccccc12. The van der Waals surface area contributed by atoms with E-state index in [9.17, 15) is 14.4 Å². The van der Waals surface area contributed by atoms with Gasteiger partial charge in [-0.2, -0.15) is 0 Å². The number of fused-ring (bicyclic) bond motifs is 1. The van der Waals surface area contributed by atoms with Crippen LogP contribution in [0.15, 0.2) is 30.3 Å². The first-order chi connectivity index (χ1) is 12.4. The number of benzene rings is 1. The van der Waals surface area contributed by atoms with E-state index >= 15 is 0 Å². The van der Waals surface area contributed by atoms with Crippen LogP contribution in [0.3, 0.4) is 0 Å². The summed E-state index contributed by atoms with van der Waals surface area (Å²) in [7, 11) is 0. The Kier molecular flexibility index (Phi) is 6.91. The van der Waals surface area contributed by atoms with Crippen LogP contribution in [0.1, 0.15) is 30.6 Å². The molecule has 0 fully saturated rings. The summed E-state index contributed by atoms with van der Waals surface area (Å²) in [4.78, 5) is 40.1. The van der Waals surface area contributed by atoms with Crippen molar-refractivity contribution in [3.05, 3.63) is 41.0 Å². The van der Waals surface area contributed by atoms with Gasteiger partial charge in [-0.1, -0.05) is 36.7 Å². The van der Waals surface area contributed by atoms with Gasteiger partial charge in [-0.05, 0) is 25.5 Å². The second kappa shape index (κ2) is 9.15. The first kappa shape index (κ1) is 19.7. The number of ether oxygens (including phenoxy) is 1. The first-order valence-electron chi connectivity index (χ1n) is 8.21. The van der Waals surface area contributed by atoms with Gasteiger partial charge >= 0.3 is 5.97 Å². The molecule has 0 aliphatic heterocycles. The van der Waals surface area contributed by atoms with Crippen LogP contribution in [0.5, 0.6) is 0 Å². The number of esters is 1. The molecular weight excluding hydrogens is 358 g/mol. The Bertz CT molecular complexity index is 825. The zero-order chi connectivity index (χ0) is 19.1. The fraction of sp³-hybridized carbons (Fsp3) is 0.333. The van der Waals surface area contributed by atoms with E-state index in [1.807, 2.05) is 6.92 Å². The summed E-state index contributed by atoms with van der Waals surface area (Å²) in [5.74, 6) is -1.55. The molecule has 0 spiro atoms. The Morgan fingerprint density at radius 2 is 2.00 bits per heavy atom. The van der Waals surface area contributed by atoms with Crippen LogP contribution >= 0.6 is 11.6 Å². The van der Waals surface area contributed by atoms with Crippen molar-refractivity contribution >= 4 is 40.3 Å². The lowest BCUT2D eigenvalue weighted by Crippen LogP contribution is -2.46. The molecule has 2 aromatic rings. The molecule has 0 saturated carbocycles. The van der Waals surface area contributed by atoms with Crippen LogP contribution in [0, 0.1) is 0 Å². The molecule has 7 nitrogen and oxygen atoms in total. The molecule has 8 heteroatoms. The number of amides is 2. The van der Waals surface area contributed by atoms with Gasteiger partial charge in [0.2, 0.25) is 5.91 Å². The van der Waals surface area contributed by atoms with Gasteiger partial charge < -0.3 is 15.4 Å². The lowest BCUT2D eigenvalue weighted by molar-refractivity contribution is -0.130. The van der Waals surface area contributed by atoms with Gasteiger partial charge in [0.25, 0.3) is 5.91 Å². The van der Waals surface area contributed by atoms with E-state index in [0.29, 0.717) is 17.4 Å². The van der Waals surface area contributed by atoms with Crippen LogP contribution in [0.4, 0.5) is 0 Å². The summed E-state index contributed by atoms with van der Waals surface area (Å²) in [6, 6.07) is 7.66. The molecule has 0 aliphatic carbocycles. The van der Waals surface area contributed by atoms with Gasteiger partial charge in [0.1, 0.15) is 11.2 Å². The highest BCUT2D eigenvalue weighted by Gasteiger charge is 2.18. The third-order valence-corrected chi connectivity index (χ3v) is 3.75. The number of nitrogens with one attached hydrogen (secondary N) is 2. The molecule has 2 N–H and O–H groups in total. The van der Waals surface area contributed by atoms with Gasteiger partial charge in [-0.15, -0.1) is 0 Å². The molecule has 2 amide bonds. The Hall–Kier alpha value is -2.67. The Morgan fingerprint density at radius 3 is 2.73 bits per heavy atom. The molecule has 1 atom stereocenters. The van der Waals surface area contributed by atoms with Crippen LogP contribution in [-0.2, 0) is 14.3 Å². The maximum Gasteiger partial charge on any atom is 0.339 e. The van der Waals surface area contributed by atoms with Crippen molar-refractivity contribution in [2.45, 2.75) is 26.3 Å². The van der Waals surface area contributed by atoms with Gasteiger partial charge in [-0.3, -0.25) is 9.59 Å². The van der Waals surface area contributed by atoms with Crippen molar-refractivity contribution < 1.29 is 19.1 Å². The zero-order valence-corrected chi connectivity index (χ0v) is 15.3. The first-order valence-corrected chi connectivity index (χ1v) is 8.59. The number of aromatic nitrogens is 1. The van der Waals surface area contributed by atoms with Crippen molar-refractivity contribution in [3.63, 3.8) is 0 Å². The Balaban J connectivity index is 1.97. The summed E-state index contributed by atoms with van der Waals surface area (Å²) in [5, 5.41) is 5.88. The Labute approximate surface area is 156 Å². The number of nitrogens with zero attached hydrogens (tertiary/aromatic N) is 1. The number of halogens is 1. The second-order valence-electron chi connectivity index (χ2n) is 5.67. The minimum Gasteiger partial charge on any atom is -0.452 e. The van der Waals surface area contributed by atoms with E-state index in [0.717, 1.165) is 6.42 Å². The normalized spacial score (nSPS) is 11.7. The van der Waals surface area contributed by atoms with Gasteiger partial charge in [-0.25, -0.2) is 9.78 Å². The minimum atomic E-state index is -0.719. The predicted molar refractivity (Wildman–Crippen MR) is 97.9 cm³/mol. The van der Waals surface area contributed by atoms with Crippen LogP contribution < -0.4 is 10.6 Å². The fourth-order valence-corrected chi connectivity index (χ4v) is 2.47. The van der Waals surface area contributed by atoms with E-state index in [-0.39, 0.29) is 16.6 Å². The monoisotopic (exact) mass is 377 g/mol. The summed E-state index contributed by atoms with van der Waals surface area (Å²) in [6.45, 7) is 3.52. The topological polar surface area (TPSA) is 97.4 Å². The average molecular weight is 378 g/mol. The zero-order valence-electron chi connectivity index (χ0n) is 14.5. The van der Waals surface area contributed by atoms with Gasteiger partial charge in [0.05, 0.1) is 11.1 Å². The number of pyridine rings is 1. The number of hydrogen-bond donors (Lipinski definition) is 2. The predicted octanol–water partition coefficient (Wildman–Crippen LogP) is 2.08. The summed E-state index contributed by atoms with van der Waals surface area (Å²) in [5.41, 5.74) is 0.778. The maximum absolute atomic E-state index is 12.3. The van der Waals surface area contributed by atoms with E-state index in [2.05, 4.69) is 15.6 Å². The summed E-state index contributed by atoms with van der Waals surface area (Å²) < 4.78 is 5.05. The van der Waals surface area contributed by atoms with Crippen LogP contribution in [0.25, 0.3) is 10.9 Å². The quantitative estimate of drug-likeness (QED) is 0.568. The molecule has 0 saturated heterocycles. The molecule has 0 aliphatic rings. The van der Waals surface area contributed by atoms with E-state index in [4.69, 9.17) is 16.3 Å². The molecule has 0 radical (unpaired) electrons. The lowest BCUT2D eigenvalue weighted by Gasteiger charge is -2.14. The molecule has 2 rings (SSSR count). The molecule has 1 aromatic heterocycles. The largest absolute Gasteiger partial charge is 0.452 e. The van der Waals surface area contributed by atoms with E-state index in [1.165, 1.54) is 6.07 Å². The fourth-order valence-electron chi connectivity index (χ4n) is 2.27. The highest BCUT2D eigenvalue weighted by molar-refractivity contribution is 6.30. The van der Waals surface area contributed by atoms with Crippen LogP contribution in [-0.4, -0.2) is 42.0 Å². The van der Waals surface area contributed by atoms with Gasteiger partial charge in [0.15, 0.2) is 6.61 Å². The minimum absolute atomic E-state index is 0.154. The molecule has 1 heterocycles. The number of hydrogen-bond acceptors (Lipinski definition) is 5. The molecule has 1 aromatic carbocycles. The Morgan fingerprint density at radius 1 is 1.27 bits per heavy atom. The third-order valence-electron chi connectivity index (χ3n) is 3.56. The third kappa shape index (κ3) is 5.16. The van der Waals surface area contributed by atoms with Crippen molar-refractivity contribution in [3.8, 4) is 0 Å². The molecular formula is C18H20ClN3O4. The van der Waals surface area contributed by atoms with E-state index in [1.54, 1.807) is 31.2 Å². The lowest BCUT2D eigenvalue weighted by atomic mass is 10.1. The molecule has 0 bridgehead atoms. The number of carbonyl (C=O) groups excluding carboxylic acids is 3. The van der Waals surface area contributed by atoms with Crippen molar-refractivity contribution in [1.29, 1.82) is 0 Å². The van der Waals surface area contributed by atoms with Crippen molar-refractivity contribution in [2.75, 3.05) is 13.2 Å². The molecule has 0 unspecified atom stereocenters. The number of para-hydroxylation sites is 1. The standard InChI is InChI=1S/C18H20ClN3O4/c1-3-8-20-17(24)11(2)21-16(23)10-26-18(25)13-9-15(19)22-14-7-5-4-6-12(13)14/h4-7,9,11H,3,8,10H2,1-2H3,(H,20,24)(H,21,23)/t11-/m0/s1.